The van der Waals surface area contributed by atoms with Crippen LogP contribution in [-0.2, 0) is 0 Å². The van der Waals surface area contributed by atoms with Crippen LogP contribution in [0.15, 0.2) is 41.1 Å². The molecule has 0 fully saturated rings. The molecule has 21 heavy (non-hydrogen) atoms. The Morgan fingerprint density at radius 2 is 2.14 bits per heavy atom. The highest BCUT2D eigenvalue weighted by molar-refractivity contribution is 9.10. The fraction of sp³-hybridized carbons (Fsp3) is 0.0714. The molecule has 0 aliphatic carbocycles. The lowest BCUT2D eigenvalue weighted by Crippen LogP contribution is -2.16. The Morgan fingerprint density at radius 1 is 1.33 bits per heavy atom. The molecule has 3 aromatic heterocycles. The molecule has 0 aliphatic heterocycles. The van der Waals surface area contributed by atoms with Crippen molar-refractivity contribution in [3.63, 3.8) is 0 Å². The smallest absolute Gasteiger partial charge is 0.275 e. The average Bonchev–Trinajstić information content (AvgIpc) is 2.76. The summed E-state index contributed by atoms with van der Waals surface area (Å²) >= 11 is 3.37. The fourth-order valence-electron chi connectivity index (χ4n) is 2.04. The van der Waals surface area contributed by atoms with E-state index in [1.54, 1.807) is 17.5 Å². The number of carbonyl (C=O) groups excluding carboxylic acids is 1. The van der Waals surface area contributed by atoms with Crippen LogP contribution in [0.1, 0.15) is 16.2 Å². The van der Waals surface area contributed by atoms with E-state index in [-0.39, 0.29) is 11.7 Å². The fourth-order valence-corrected chi connectivity index (χ4v) is 2.37. The molecule has 7 heteroatoms. The maximum Gasteiger partial charge on any atom is 0.275 e. The molecular formula is C14H10BrFN4O. The van der Waals surface area contributed by atoms with Crippen molar-refractivity contribution in [2.75, 3.05) is 5.32 Å². The number of aromatic nitrogens is 3. The molecule has 3 rings (SSSR count). The quantitative estimate of drug-likeness (QED) is 0.773. The number of hydrogen-bond donors (Lipinski definition) is 1. The number of amides is 1. The van der Waals surface area contributed by atoms with E-state index in [9.17, 15) is 9.18 Å². The summed E-state index contributed by atoms with van der Waals surface area (Å²) in [5.41, 5.74) is 1.69. The Labute approximate surface area is 128 Å². The third-order valence-corrected chi connectivity index (χ3v) is 3.41. The number of aryl methyl sites for hydroxylation is 1. The summed E-state index contributed by atoms with van der Waals surface area (Å²) < 4.78 is 15.3. The number of nitrogens with zero attached hydrogens (tertiary/aromatic N) is 3. The molecule has 0 aromatic carbocycles. The van der Waals surface area contributed by atoms with E-state index in [0.717, 1.165) is 10.7 Å². The average molecular weight is 349 g/mol. The summed E-state index contributed by atoms with van der Waals surface area (Å²) in [6.45, 7) is 1.76. The van der Waals surface area contributed by atoms with Crippen molar-refractivity contribution < 1.29 is 9.18 Å². The van der Waals surface area contributed by atoms with Gasteiger partial charge in [0.25, 0.3) is 5.91 Å². The second-order valence-electron chi connectivity index (χ2n) is 4.44. The maximum atomic E-state index is 12.8. The molecule has 0 radical (unpaired) electrons. The van der Waals surface area contributed by atoms with Crippen molar-refractivity contribution in [1.82, 2.24) is 14.4 Å². The van der Waals surface area contributed by atoms with Gasteiger partial charge >= 0.3 is 0 Å². The van der Waals surface area contributed by atoms with Gasteiger partial charge < -0.3 is 5.32 Å². The first-order valence-electron chi connectivity index (χ1n) is 6.12. The SMILES string of the molecule is Cc1nc2ccc(Br)cn2c1C(=O)Nc1ccc(F)cn1. The van der Waals surface area contributed by atoms with Gasteiger partial charge in [-0.2, -0.15) is 0 Å². The Kier molecular flexibility index (Phi) is 3.42. The number of halogens is 2. The minimum atomic E-state index is -0.456. The van der Waals surface area contributed by atoms with Gasteiger partial charge in [-0.25, -0.2) is 14.4 Å². The Bertz CT molecular complexity index is 829. The summed E-state index contributed by atoms with van der Waals surface area (Å²) in [7, 11) is 0. The monoisotopic (exact) mass is 348 g/mol. The van der Waals surface area contributed by atoms with Crippen LogP contribution in [0.4, 0.5) is 10.2 Å². The Morgan fingerprint density at radius 3 is 2.86 bits per heavy atom. The summed E-state index contributed by atoms with van der Waals surface area (Å²) in [6, 6.07) is 6.30. The van der Waals surface area contributed by atoms with Gasteiger partial charge in [0.15, 0.2) is 0 Å². The molecule has 1 amide bonds. The van der Waals surface area contributed by atoms with Gasteiger partial charge in [-0.05, 0) is 47.1 Å². The Balaban J connectivity index is 1.99. The first-order valence-corrected chi connectivity index (χ1v) is 6.91. The molecule has 0 spiro atoms. The topological polar surface area (TPSA) is 59.3 Å². The zero-order valence-corrected chi connectivity index (χ0v) is 12.6. The van der Waals surface area contributed by atoms with Crippen molar-refractivity contribution in [3.05, 3.63) is 58.3 Å². The number of fused-ring (bicyclic) bond motifs is 1. The van der Waals surface area contributed by atoms with Gasteiger partial charge in [-0.15, -0.1) is 0 Å². The first-order chi connectivity index (χ1) is 10.0. The predicted molar refractivity (Wildman–Crippen MR) is 79.8 cm³/mol. The molecular weight excluding hydrogens is 339 g/mol. The van der Waals surface area contributed by atoms with Crippen molar-refractivity contribution in [2.45, 2.75) is 6.92 Å². The lowest BCUT2D eigenvalue weighted by Gasteiger charge is -2.05. The van der Waals surface area contributed by atoms with E-state index < -0.39 is 5.82 Å². The van der Waals surface area contributed by atoms with Crippen molar-refractivity contribution in [3.8, 4) is 0 Å². The minimum absolute atomic E-state index is 0.283. The highest BCUT2D eigenvalue weighted by atomic mass is 79.9. The molecule has 1 N–H and O–H groups in total. The number of carbonyl (C=O) groups is 1. The van der Waals surface area contributed by atoms with Gasteiger partial charge in [0, 0.05) is 10.7 Å². The normalized spacial score (nSPS) is 10.8. The van der Waals surface area contributed by atoms with Crippen LogP contribution in [0.25, 0.3) is 5.65 Å². The number of rotatable bonds is 2. The second-order valence-corrected chi connectivity index (χ2v) is 5.35. The standard InChI is InChI=1S/C14H10BrFN4O/c1-8-13(20-7-9(15)2-5-12(20)18-8)14(21)19-11-4-3-10(16)6-17-11/h2-7H,1H3,(H,17,19,21). The molecule has 0 saturated carbocycles. The van der Waals surface area contributed by atoms with Gasteiger partial charge in [-0.3, -0.25) is 9.20 Å². The van der Waals surface area contributed by atoms with E-state index in [2.05, 4.69) is 31.2 Å². The molecule has 0 unspecified atom stereocenters. The van der Waals surface area contributed by atoms with Crippen molar-refractivity contribution >= 4 is 33.3 Å². The molecule has 3 heterocycles. The van der Waals surface area contributed by atoms with Crippen LogP contribution in [0.3, 0.4) is 0 Å². The number of nitrogens with one attached hydrogen (secondary N) is 1. The van der Waals surface area contributed by atoms with Gasteiger partial charge in [0.05, 0.1) is 11.9 Å². The molecule has 0 saturated heterocycles. The van der Waals surface area contributed by atoms with E-state index >= 15 is 0 Å². The van der Waals surface area contributed by atoms with Crippen LogP contribution < -0.4 is 5.32 Å². The van der Waals surface area contributed by atoms with Crippen molar-refractivity contribution in [1.29, 1.82) is 0 Å². The lowest BCUT2D eigenvalue weighted by molar-refractivity contribution is 0.102. The van der Waals surface area contributed by atoms with E-state index in [1.807, 2.05) is 12.1 Å². The van der Waals surface area contributed by atoms with E-state index in [1.165, 1.54) is 12.1 Å². The second kappa shape index (κ2) is 5.25. The molecule has 0 aliphatic rings. The van der Waals surface area contributed by atoms with Gasteiger partial charge in [0.2, 0.25) is 0 Å². The summed E-state index contributed by atoms with van der Waals surface area (Å²) in [4.78, 5) is 20.5. The number of pyridine rings is 2. The molecule has 0 atom stereocenters. The highest BCUT2D eigenvalue weighted by Crippen LogP contribution is 2.17. The number of hydrogen-bond acceptors (Lipinski definition) is 3. The summed E-state index contributed by atoms with van der Waals surface area (Å²) in [5, 5.41) is 2.63. The highest BCUT2D eigenvalue weighted by Gasteiger charge is 2.17. The van der Waals surface area contributed by atoms with Gasteiger partial charge in [0.1, 0.15) is 23.0 Å². The largest absolute Gasteiger partial charge is 0.305 e. The van der Waals surface area contributed by atoms with E-state index in [0.29, 0.717) is 17.0 Å². The molecule has 0 bridgehead atoms. The van der Waals surface area contributed by atoms with Crippen LogP contribution in [-0.4, -0.2) is 20.3 Å². The third-order valence-electron chi connectivity index (χ3n) is 2.94. The summed E-state index contributed by atoms with van der Waals surface area (Å²) in [5.74, 6) is -0.522. The van der Waals surface area contributed by atoms with Crippen LogP contribution in [0.2, 0.25) is 0 Å². The Hall–Kier alpha value is -2.28. The maximum absolute atomic E-state index is 12.8. The van der Waals surface area contributed by atoms with Crippen LogP contribution in [0, 0.1) is 12.7 Å². The predicted octanol–water partition coefficient (Wildman–Crippen LogP) is 3.19. The van der Waals surface area contributed by atoms with Crippen LogP contribution in [0.5, 0.6) is 0 Å². The molecule has 106 valence electrons. The summed E-state index contributed by atoms with van der Waals surface area (Å²) in [6.07, 6.45) is 2.82. The first kappa shape index (κ1) is 13.7. The third kappa shape index (κ3) is 2.64. The van der Waals surface area contributed by atoms with Crippen molar-refractivity contribution in [2.24, 2.45) is 0 Å². The lowest BCUT2D eigenvalue weighted by atomic mass is 10.3. The zero-order valence-electron chi connectivity index (χ0n) is 11.0. The number of anilines is 1. The number of imidazole rings is 1. The molecule has 3 aromatic rings. The minimum Gasteiger partial charge on any atom is -0.305 e. The van der Waals surface area contributed by atoms with Crippen LogP contribution >= 0.6 is 15.9 Å². The van der Waals surface area contributed by atoms with Gasteiger partial charge in [-0.1, -0.05) is 0 Å². The zero-order chi connectivity index (χ0) is 15.0. The molecule has 5 nitrogen and oxygen atoms in total. The van der Waals surface area contributed by atoms with E-state index in [4.69, 9.17) is 0 Å².